The van der Waals surface area contributed by atoms with Gasteiger partial charge in [0.1, 0.15) is 0 Å². The molecule has 0 saturated carbocycles. The van der Waals surface area contributed by atoms with E-state index >= 15 is 0 Å². The van der Waals surface area contributed by atoms with Gasteiger partial charge in [0.15, 0.2) is 0 Å². The number of fused-ring (bicyclic) bond motifs is 2. The van der Waals surface area contributed by atoms with E-state index in [1.165, 1.54) is 0 Å². The van der Waals surface area contributed by atoms with Gasteiger partial charge in [-0.15, -0.1) is 0 Å². The van der Waals surface area contributed by atoms with Crippen LogP contribution in [0, 0.1) is 0 Å². The van der Waals surface area contributed by atoms with Crippen molar-refractivity contribution >= 4 is 24.0 Å². The van der Waals surface area contributed by atoms with Crippen molar-refractivity contribution in [1.29, 1.82) is 0 Å². The molecular formula is C19H19BN2O3. The van der Waals surface area contributed by atoms with Crippen LogP contribution in [0.25, 0.3) is 5.52 Å². The fraction of sp³-hybridized carbons (Fsp3) is 0.211. The zero-order chi connectivity index (χ0) is 17.8. The molecule has 2 aromatic heterocycles. The number of carbonyl (C=O) groups is 1. The molecule has 0 spiro atoms. The molecule has 1 aliphatic rings. The predicted octanol–water partition coefficient (Wildman–Crippen LogP) is 1.58. The second kappa shape index (κ2) is 5.47. The first-order valence-electron chi connectivity index (χ1n) is 8.24. The van der Waals surface area contributed by atoms with E-state index in [2.05, 4.69) is 6.07 Å². The summed E-state index contributed by atoms with van der Waals surface area (Å²) in [5, 5.41) is 10.0. The van der Waals surface area contributed by atoms with E-state index in [9.17, 15) is 9.82 Å². The molecule has 0 saturated heterocycles. The molecule has 5 nitrogen and oxygen atoms in total. The van der Waals surface area contributed by atoms with Crippen LogP contribution < -0.4 is 11.2 Å². The summed E-state index contributed by atoms with van der Waals surface area (Å²) in [7, 11) is -0.879. The molecule has 0 fully saturated rings. The van der Waals surface area contributed by atoms with Gasteiger partial charge in [0.25, 0.3) is 5.91 Å². The summed E-state index contributed by atoms with van der Waals surface area (Å²) in [6.07, 6.45) is 4.50. The summed E-state index contributed by atoms with van der Waals surface area (Å²) in [5.41, 5.74) is 10.3. The van der Waals surface area contributed by atoms with E-state index in [0.29, 0.717) is 12.0 Å². The van der Waals surface area contributed by atoms with Crippen LogP contribution in [0.15, 0.2) is 48.8 Å². The summed E-state index contributed by atoms with van der Waals surface area (Å²) in [5.74, 6) is -0.433. The Morgan fingerprint density at radius 2 is 2.08 bits per heavy atom. The predicted molar refractivity (Wildman–Crippen MR) is 96.9 cm³/mol. The molecule has 6 heteroatoms. The fourth-order valence-electron chi connectivity index (χ4n) is 3.65. The largest absolute Gasteiger partial charge is 0.492 e. The maximum absolute atomic E-state index is 11.8. The molecule has 4 rings (SSSR count). The molecular weight excluding hydrogens is 315 g/mol. The molecule has 0 bridgehead atoms. The van der Waals surface area contributed by atoms with Gasteiger partial charge < -0.3 is 19.8 Å². The fourth-order valence-corrected chi connectivity index (χ4v) is 3.65. The Balaban J connectivity index is 1.77. The molecule has 126 valence electrons. The normalized spacial score (nSPS) is 15.6. The van der Waals surface area contributed by atoms with Crippen molar-refractivity contribution in [2.45, 2.75) is 25.9 Å². The lowest BCUT2D eigenvalue weighted by Gasteiger charge is -2.20. The number of nitrogens with zero attached hydrogens (tertiary/aromatic N) is 1. The van der Waals surface area contributed by atoms with Crippen molar-refractivity contribution in [3.8, 4) is 0 Å². The third kappa shape index (κ3) is 2.54. The number of carbonyl (C=O) groups excluding carboxylic acids is 1. The molecule has 3 aromatic rings. The number of primary amides is 1. The quantitative estimate of drug-likeness (QED) is 0.714. The molecule has 1 aromatic carbocycles. The van der Waals surface area contributed by atoms with Crippen LogP contribution >= 0.6 is 0 Å². The Morgan fingerprint density at radius 1 is 1.28 bits per heavy atom. The lowest BCUT2D eigenvalue weighted by molar-refractivity contribution is 0.0996. The summed E-state index contributed by atoms with van der Waals surface area (Å²) >= 11 is 0. The molecule has 1 aliphatic heterocycles. The minimum atomic E-state index is -0.879. The monoisotopic (exact) mass is 334 g/mol. The molecule has 0 atom stereocenters. The van der Waals surface area contributed by atoms with Crippen molar-refractivity contribution in [3.05, 3.63) is 71.0 Å². The van der Waals surface area contributed by atoms with Crippen LogP contribution in [0.5, 0.6) is 0 Å². The van der Waals surface area contributed by atoms with E-state index in [1.807, 2.05) is 54.9 Å². The highest BCUT2D eigenvalue weighted by molar-refractivity contribution is 6.61. The molecule has 1 amide bonds. The number of hydrogen-bond donors (Lipinski definition) is 2. The van der Waals surface area contributed by atoms with Gasteiger partial charge in [-0.2, -0.15) is 0 Å². The Kier molecular flexibility index (Phi) is 3.49. The first-order chi connectivity index (χ1) is 11.9. The van der Waals surface area contributed by atoms with Crippen LogP contribution in [0.1, 0.15) is 40.9 Å². The molecule has 25 heavy (non-hydrogen) atoms. The number of nitrogens with two attached hydrogens (primary N) is 1. The first kappa shape index (κ1) is 15.9. The van der Waals surface area contributed by atoms with Crippen LogP contribution in [0.2, 0.25) is 0 Å². The van der Waals surface area contributed by atoms with Crippen molar-refractivity contribution < 1.29 is 14.5 Å². The summed E-state index contributed by atoms with van der Waals surface area (Å²) < 4.78 is 7.54. The average Bonchev–Trinajstić information content (AvgIpc) is 3.06. The van der Waals surface area contributed by atoms with Crippen LogP contribution in [-0.2, 0) is 16.7 Å². The number of pyridine rings is 1. The van der Waals surface area contributed by atoms with Crippen LogP contribution in [-0.4, -0.2) is 22.5 Å². The summed E-state index contributed by atoms with van der Waals surface area (Å²) in [4.78, 5) is 11.8. The van der Waals surface area contributed by atoms with Crippen LogP contribution in [0.3, 0.4) is 0 Å². The van der Waals surface area contributed by atoms with Crippen LogP contribution in [0.4, 0.5) is 0 Å². The zero-order valence-electron chi connectivity index (χ0n) is 14.2. The van der Waals surface area contributed by atoms with Gasteiger partial charge in [0, 0.05) is 12.4 Å². The van der Waals surface area contributed by atoms with Gasteiger partial charge in [-0.3, -0.25) is 4.79 Å². The van der Waals surface area contributed by atoms with Crippen molar-refractivity contribution in [1.82, 2.24) is 4.40 Å². The second-order valence-corrected chi connectivity index (χ2v) is 6.96. The molecule has 3 heterocycles. The highest BCUT2D eigenvalue weighted by atomic mass is 16.5. The maximum Gasteiger partial charge on any atom is 0.492 e. The maximum atomic E-state index is 11.8. The Morgan fingerprint density at radius 3 is 2.84 bits per heavy atom. The van der Waals surface area contributed by atoms with Gasteiger partial charge in [0.2, 0.25) is 0 Å². The standard InChI is InChI=1S/C19H19BN2O3/c1-19(2)15-11-12(5-6-16(15)20(24)25-19)10-13-7-9-22-8-3-4-14(17(13)22)18(21)23/h3-9,11,24H,10H2,1-2H3,(H2,21,23). The molecule has 0 radical (unpaired) electrons. The number of aromatic nitrogens is 1. The molecule has 0 aliphatic carbocycles. The topological polar surface area (TPSA) is 77.0 Å². The van der Waals surface area contributed by atoms with E-state index in [0.717, 1.165) is 27.7 Å². The van der Waals surface area contributed by atoms with Gasteiger partial charge in [-0.1, -0.05) is 18.2 Å². The Hall–Kier alpha value is -2.57. The third-order valence-corrected chi connectivity index (χ3v) is 4.86. The van der Waals surface area contributed by atoms with Gasteiger partial charge >= 0.3 is 7.12 Å². The van der Waals surface area contributed by atoms with E-state index in [-0.39, 0.29) is 0 Å². The number of rotatable bonds is 3. The Bertz CT molecular complexity index is 993. The van der Waals surface area contributed by atoms with Gasteiger partial charge in [-0.05, 0) is 60.6 Å². The minimum Gasteiger partial charge on any atom is -0.423 e. The lowest BCUT2D eigenvalue weighted by atomic mass is 9.77. The SMILES string of the molecule is CC1(C)OB(O)c2ccc(Cc3ccn4cccc(C(N)=O)c34)cc21. The van der Waals surface area contributed by atoms with Crippen molar-refractivity contribution in [2.24, 2.45) is 5.73 Å². The second-order valence-electron chi connectivity index (χ2n) is 6.96. The summed E-state index contributed by atoms with van der Waals surface area (Å²) in [6.45, 7) is 3.90. The first-order valence-corrected chi connectivity index (χ1v) is 8.24. The number of benzene rings is 1. The van der Waals surface area contributed by atoms with E-state index in [1.54, 1.807) is 6.07 Å². The van der Waals surface area contributed by atoms with E-state index in [4.69, 9.17) is 10.4 Å². The third-order valence-electron chi connectivity index (χ3n) is 4.86. The lowest BCUT2D eigenvalue weighted by Crippen LogP contribution is -2.28. The van der Waals surface area contributed by atoms with Gasteiger partial charge in [-0.25, -0.2) is 0 Å². The highest BCUT2D eigenvalue weighted by Gasteiger charge is 2.40. The smallest absolute Gasteiger partial charge is 0.423 e. The number of hydrogen-bond acceptors (Lipinski definition) is 3. The Labute approximate surface area is 146 Å². The average molecular weight is 334 g/mol. The minimum absolute atomic E-state index is 0.433. The van der Waals surface area contributed by atoms with Crippen molar-refractivity contribution in [2.75, 3.05) is 0 Å². The van der Waals surface area contributed by atoms with Gasteiger partial charge in [0.05, 0.1) is 16.7 Å². The van der Waals surface area contributed by atoms with Crippen molar-refractivity contribution in [3.63, 3.8) is 0 Å². The number of amides is 1. The molecule has 3 N–H and O–H groups in total. The highest BCUT2D eigenvalue weighted by Crippen LogP contribution is 2.31. The zero-order valence-corrected chi connectivity index (χ0v) is 14.2. The summed E-state index contributed by atoms with van der Waals surface area (Å²) in [6, 6.07) is 11.5. The molecule has 0 unspecified atom stereocenters. The van der Waals surface area contributed by atoms with E-state index < -0.39 is 18.6 Å².